The number of anilines is 1. The first-order valence-corrected chi connectivity index (χ1v) is 7.25. The number of nitrogen functional groups attached to an aromatic ring is 1. The minimum atomic E-state index is 0.203. The molecule has 1 aromatic carbocycles. The van der Waals surface area contributed by atoms with Crippen molar-refractivity contribution >= 4 is 21.7 Å². The predicted molar refractivity (Wildman–Crippen MR) is 84.2 cm³/mol. The summed E-state index contributed by atoms with van der Waals surface area (Å²) < 4.78 is 6.91. The van der Waals surface area contributed by atoms with Crippen LogP contribution in [-0.4, -0.2) is 9.97 Å². The summed E-state index contributed by atoms with van der Waals surface area (Å²) in [5, 5.41) is 0. The van der Waals surface area contributed by atoms with Crippen molar-refractivity contribution in [3.05, 3.63) is 39.6 Å². The van der Waals surface area contributed by atoms with Crippen molar-refractivity contribution in [3.63, 3.8) is 0 Å². The first kappa shape index (κ1) is 14.8. The van der Waals surface area contributed by atoms with Crippen LogP contribution in [0.5, 0.6) is 11.6 Å². The smallest absolute Gasteiger partial charge is 0.224 e. The maximum atomic E-state index is 5.81. The van der Waals surface area contributed by atoms with Crippen molar-refractivity contribution in [1.82, 2.24) is 9.97 Å². The molecule has 0 amide bonds. The number of aryl methyl sites for hydroxylation is 2. The van der Waals surface area contributed by atoms with Gasteiger partial charge in [0.2, 0.25) is 5.88 Å². The SMILES string of the molecule is Cc1cc(Oc2cc(N)nc(C(C)C)n2)cc(C)c1Br. The molecule has 0 radical (unpaired) electrons. The van der Waals surface area contributed by atoms with Crippen LogP contribution in [0.2, 0.25) is 0 Å². The van der Waals surface area contributed by atoms with Gasteiger partial charge in [-0.2, -0.15) is 4.98 Å². The molecule has 5 heteroatoms. The molecule has 0 saturated heterocycles. The summed E-state index contributed by atoms with van der Waals surface area (Å²) in [6.45, 7) is 8.09. The Kier molecular flexibility index (Phi) is 4.28. The molecule has 0 saturated carbocycles. The number of rotatable bonds is 3. The second-order valence-corrected chi connectivity index (χ2v) is 5.91. The molecule has 20 heavy (non-hydrogen) atoms. The number of hydrogen-bond donors (Lipinski definition) is 1. The Morgan fingerprint density at radius 1 is 1.10 bits per heavy atom. The van der Waals surface area contributed by atoms with Gasteiger partial charge in [-0.1, -0.05) is 29.8 Å². The first-order valence-electron chi connectivity index (χ1n) is 6.46. The first-order chi connectivity index (χ1) is 9.36. The van der Waals surface area contributed by atoms with Gasteiger partial charge in [-0.3, -0.25) is 0 Å². The summed E-state index contributed by atoms with van der Waals surface area (Å²) in [7, 11) is 0. The fourth-order valence-corrected chi connectivity index (χ4v) is 2.09. The standard InChI is InChI=1S/C15H18BrN3O/c1-8(2)15-18-12(17)7-13(19-15)20-11-5-9(3)14(16)10(4)6-11/h5-8H,1-4H3,(H2,17,18,19). The van der Waals surface area contributed by atoms with Gasteiger partial charge >= 0.3 is 0 Å². The van der Waals surface area contributed by atoms with Crippen LogP contribution in [-0.2, 0) is 0 Å². The number of aromatic nitrogens is 2. The molecule has 0 bridgehead atoms. The third kappa shape index (κ3) is 3.28. The highest BCUT2D eigenvalue weighted by molar-refractivity contribution is 9.10. The Hall–Kier alpha value is -1.62. The van der Waals surface area contributed by atoms with Crippen molar-refractivity contribution in [1.29, 1.82) is 0 Å². The largest absolute Gasteiger partial charge is 0.439 e. The van der Waals surface area contributed by atoms with E-state index in [0.29, 0.717) is 17.5 Å². The number of halogens is 1. The minimum Gasteiger partial charge on any atom is -0.439 e. The van der Waals surface area contributed by atoms with Crippen LogP contribution >= 0.6 is 15.9 Å². The van der Waals surface area contributed by atoms with Gasteiger partial charge in [0.25, 0.3) is 0 Å². The maximum Gasteiger partial charge on any atom is 0.224 e. The average Bonchev–Trinajstić information content (AvgIpc) is 2.35. The molecule has 0 aliphatic heterocycles. The number of nitrogens with two attached hydrogens (primary N) is 1. The quantitative estimate of drug-likeness (QED) is 0.905. The lowest BCUT2D eigenvalue weighted by molar-refractivity contribution is 0.456. The van der Waals surface area contributed by atoms with Crippen LogP contribution in [0.3, 0.4) is 0 Å². The third-order valence-electron chi connectivity index (χ3n) is 2.89. The van der Waals surface area contributed by atoms with E-state index in [9.17, 15) is 0 Å². The average molecular weight is 336 g/mol. The van der Waals surface area contributed by atoms with Gasteiger partial charge in [0.1, 0.15) is 17.4 Å². The second kappa shape index (κ2) is 5.79. The number of nitrogens with zero attached hydrogens (tertiary/aromatic N) is 2. The minimum absolute atomic E-state index is 0.203. The van der Waals surface area contributed by atoms with E-state index >= 15 is 0 Å². The highest BCUT2D eigenvalue weighted by Gasteiger charge is 2.09. The van der Waals surface area contributed by atoms with Crippen molar-refractivity contribution in [2.75, 3.05) is 5.73 Å². The Labute approximate surface area is 127 Å². The second-order valence-electron chi connectivity index (χ2n) is 5.12. The van der Waals surface area contributed by atoms with E-state index in [1.54, 1.807) is 6.07 Å². The molecule has 0 unspecified atom stereocenters. The molecule has 106 valence electrons. The topological polar surface area (TPSA) is 61.0 Å². The van der Waals surface area contributed by atoms with Crippen molar-refractivity contribution in [2.24, 2.45) is 0 Å². The lowest BCUT2D eigenvalue weighted by atomic mass is 10.1. The van der Waals surface area contributed by atoms with Gasteiger partial charge in [0.15, 0.2) is 0 Å². The normalized spacial score (nSPS) is 10.9. The van der Waals surface area contributed by atoms with Crippen molar-refractivity contribution in [2.45, 2.75) is 33.6 Å². The van der Waals surface area contributed by atoms with Gasteiger partial charge in [-0.05, 0) is 37.1 Å². The molecular formula is C15H18BrN3O. The lowest BCUT2D eigenvalue weighted by Crippen LogP contribution is -2.03. The zero-order chi connectivity index (χ0) is 14.9. The summed E-state index contributed by atoms with van der Waals surface area (Å²) in [6, 6.07) is 5.56. The number of ether oxygens (including phenoxy) is 1. The van der Waals surface area contributed by atoms with Crippen LogP contribution in [0.4, 0.5) is 5.82 Å². The fraction of sp³-hybridized carbons (Fsp3) is 0.333. The van der Waals surface area contributed by atoms with E-state index in [2.05, 4.69) is 25.9 Å². The van der Waals surface area contributed by atoms with Crippen LogP contribution < -0.4 is 10.5 Å². The Morgan fingerprint density at radius 2 is 1.70 bits per heavy atom. The summed E-state index contributed by atoms with van der Waals surface area (Å²) in [4.78, 5) is 8.59. The van der Waals surface area contributed by atoms with Crippen LogP contribution in [0.25, 0.3) is 0 Å². The maximum absolute atomic E-state index is 5.81. The molecule has 0 atom stereocenters. The Morgan fingerprint density at radius 3 is 2.25 bits per heavy atom. The molecule has 1 heterocycles. The Balaban J connectivity index is 2.35. The van der Waals surface area contributed by atoms with E-state index < -0.39 is 0 Å². The Bertz CT molecular complexity index is 618. The van der Waals surface area contributed by atoms with Gasteiger partial charge in [0, 0.05) is 16.5 Å². The summed E-state index contributed by atoms with van der Waals surface area (Å²) in [5.41, 5.74) is 8.03. The molecule has 0 aliphatic carbocycles. The van der Waals surface area contributed by atoms with Crippen LogP contribution in [0, 0.1) is 13.8 Å². The highest BCUT2D eigenvalue weighted by atomic mass is 79.9. The van der Waals surface area contributed by atoms with E-state index in [4.69, 9.17) is 10.5 Å². The number of hydrogen-bond acceptors (Lipinski definition) is 4. The lowest BCUT2D eigenvalue weighted by Gasteiger charge is -2.11. The highest BCUT2D eigenvalue weighted by Crippen LogP contribution is 2.29. The van der Waals surface area contributed by atoms with Crippen molar-refractivity contribution in [3.8, 4) is 11.6 Å². The molecule has 4 nitrogen and oxygen atoms in total. The van der Waals surface area contributed by atoms with Gasteiger partial charge in [-0.15, -0.1) is 0 Å². The van der Waals surface area contributed by atoms with E-state index in [1.165, 1.54) is 0 Å². The molecule has 2 rings (SSSR count). The molecule has 0 aliphatic rings. The monoisotopic (exact) mass is 335 g/mol. The molecule has 0 fully saturated rings. The van der Waals surface area contributed by atoms with Crippen molar-refractivity contribution < 1.29 is 4.74 Å². The fourth-order valence-electron chi connectivity index (χ4n) is 1.86. The van der Waals surface area contributed by atoms with Crippen LogP contribution in [0.1, 0.15) is 36.7 Å². The van der Waals surface area contributed by atoms with E-state index in [0.717, 1.165) is 21.3 Å². The van der Waals surface area contributed by atoms with E-state index in [-0.39, 0.29) is 5.92 Å². The zero-order valence-corrected chi connectivity index (χ0v) is 13.7. The van der Waals surface area contributed by atoms with Gasteiger partial charge in [-0.25, -0.2) is 4.98 Å². The summed E-state index contributed by atoms with van der Waals surface area (Å²) >= 11 is 3.54. The van der Waals surface area contributed by atoms with Crippen LogP contribution in [0.15, 0.2) is 22.7 Å². The van der Waals surface area contributed by atoms with Gasteiger partial charge < -0.3 is 10.5 Å². The molecule has 0 spiro atoms. The van der Waals surface area contributed by atoms with E-state index in [1.807, 2.05) is 39.8 Å². The zero-order valence-electron chi connectivity index (χ0n) is 12.1. The number of benzene rings is 1. The summed E-state index contributed by atoms with van der Waals surface area (Å²) in [5.74, 6) is 2.53. The summed E-state index contributed by atoms with van der Waals surface area (Å²) in [6.07, 6.45) is 0. The predicted octanol–water partition coefficient (Wildman–Crippen LogP) is 4.35. The van der Waals surface area contributed by atoms with Gasteiger partial charge in [0.05, 0.1) is 0 Å². The molecular weight excluding hydrogens is 318 g/mol. The third-order valence-corrected chi connectivity index (χ3v) is 4.14. The molecule has 1 aromatic heterocycles. The molecule has 2 N–H and O–H groups in total. The molecule has 2 aromatic rings.